The minimum atomic E-state index is -2.94. The number of aromatic nitrogens is 2. The fraction of sp³-hybridized carbons (Fsp3) is 0.444. The van der Waals surface area contributed by atoms with E-state index in [1.54, 1.807) is 12.3 Å². The van der Waals surface area contributed by atoms with Gasteiger partial charge in [0.05, 0.1) is 19.3 Å². The summed E-state index contributed by atoms with van der Waals surface area (Å²) >= 11 is 0. The molecule has 0 aliphatic carbocycles. The number of halogens is 2. The van der Waals surface area contributed by atoms with Gasteiger partial charge in [0.25, 0.3) is 0 Å². The van der Waals surface area contributed by atoms with Gasteiger partial charge in [-0.2, -0.15) is 13.9 Å². The summed E-state index contributed by atoms with van der Waals surface area (Å²) in [6.07, 6.45) is 3.75. The summed E-state index contributed by atoms with van der Waals surface area (Å²) < 4.78 is 42.5. The zero-order valence-corrected chi connectivity index (χ0v) is 15.7. The van der Waals surface area contributed by atoms with E-state index in [9.17, 15) is 8.78 Å². The van der Waals surface area contributed by atoms with Gasteiger partial charge in [-0.1, -0.05) is 0 Å². The van der Waals surface area contributed by atoms with Crippen molar-refractivity contribution in [1.29, 1.82) is 0 Å². The van der Waals surface area contributed by atoms with Crippen molar-refractivity contribution >= 4 is 5.96 Å². The number of aryl methyl sites for hydroxylation is 1. The molecule has 0 unspecified atom stereocenters. The van der Waals surface area contributed by atoms with Gasteiger partial charge in [0.2, 0.25) is 6.79 Å². The van der Waals surface area contributed by atoms with Gasteiger partial charge in [0.15, 0.2) is 17.5 Å². The van der Waals surface area contributed by atoms with Crippen LogP contribution in [-0.2, 0) is 13.1 Å². The van der Waals surface area contributed by atoms with Crippen LogP contribution in [0.3, 0.4) is 0 Å². The monoisotopic (exact) mass is 395 g/mol. The predicted molar refractivity (Wildman–Crippen MR) is 99.0 cm³/mol. The quantitative estimate of drug-likeness (QED) is 0.527. The van der Waals surface area contributed by atoms with Gasteiger partial charge in [0, 0.05) is 30.9 Å². The third kappa shape index (κ3) is 5.24. The van der Waals surface area contributed by atoms with Crippen LogP contribution >= 0.6 is 0 Å². The van der Waals surface area contributed by atoms with Gasteiger partial charge in [-0.05, 0) is 25.5 Å². The van der Waals surface area contributed by atoms with E-state index in [4.69, 9.17) is 9.47 Å². The summed E-state index contributed by atoms with van der Waals surface area (Å²) in [5.41, 5.74) is 1.57. The summed E-state index contributed by atoms with van der Waals surface area (Å²) in [6.45, 7) is 3.10. The number of nitrogens with zero attached hydrogens (tertiary/aromatic N) is 3. The number of alkyl halides is 2. The number of guanidine groups is 1. The highest BCUT2D eigenvalue weighted by Gasteiger charge is 2.20. The first kappa shape index (κ1) is 19.7. The third-order valence-electron chi connectivity index (χ3n) is 3.92. The second-order valence-electron chi connectivity index (χ2n) is 6.09. The van der Waals surface area contributed by atoms with Crippen LogP contribution in [0.4, 0.5) is 8.78 Å². The molecule has 2 N–H and O–H groups in total. The Morgan fingerprint density at radius 2 is 2.11 bits per heavy atom. The van der Waals surface area contributed by atoms with Crippen LogP contribution in [0.25, 0.3) is 0 Å². The molecule has 0 saturated heterocycles. The number of hydrogen-bond donors (Lipinski definition) is 2. The number of ether oxygens (including phenoxy) is 3. The standard InChI is InChI=1S/C18H23F2N5O3/c1-3-21-18(22-4-5-25-10-12(2)8-24-25)23-9-13-6-15-16(27-11-26-15)7-14(13)28-17(19)20/h6-8,10,17H,3-5,9,11H2,1-2H3,(H2,21,22,23). The summed E-state index contributed by atoms with van der Waals surface area (Å²) in [4.78, 5) is 4.46. The Labute approximate surface area is 161 Å². The highest BCUT2D eigenvalue weighted by molar-refractivity contribution is 5.79. The van der Waals surface area contributed by atoms with Crippen molar-refractivity contribution in [2.75, 3.05) is 19.9 Å². The maximum Gasteiger partial charge on any atom is 0.387 e. The van der Waals surface area contributed by atoms with Crippen LogP contribution < -0.4 is 24.8 Å². The first-order chi connectivity index (χ1) is 13.5. The third-order valence-corrected chi connectivity index (χ3v) is 3.92. The van der Waals surface area contributed by atoms with Gasteiger partial charge in [-0.15, -0.1) is 0 Å². The van der Waals surface area contributed by atoms with Crippen molar-refractivity contribution in [3.05, 3.63) is 35.7 Å². The summed E-state index contributed by atoms with van der Waals surface area (Å²) in [5, 5.41) is 10.5. The number of fused-ring (bicyclic) bond motifs is 1. The van der Waals surface area contributed by atoms with E-state index in [1.165, 1.54) is 6.07 Å². The molecule has 3 rings (SSSR count). The molecule has 8 nitrogen and oxygen atoms in total. The van der Waals surface area contributed by atoms with Crippen molar-refractivity contribution in [2.45, 2.75) is 33.5 Å². The number of nitrogens with one attached hydrogen (secondary N) is 2. The molecule has 2 heterocycles. The smallest absolute Gasteiger partial charge is 0.387 e. The molecule has 1 aromatic heterocycles. The lowest BCUT2D eigenvalue weighted by Gasteiger charge is -2.13. The maximum absolute atomic E-state index is 12.7. The molecule has 1 aromatic carbocycles. The highest BCUT2D eigenvalue weighted by atomic mass is 19.3. The Morgan fingerprint density at radius 1 is 1.32 bits per heavy atom. The van der Waals surface area contributed by atoms with E-state index in [1.807, 2.05) is 24.7 Å². The van der Waals surface area contributed by atoms with Gasteiger partial charge < -0.3 is 24.8 Å². The summed E-state index contributed by atoms with van der Waals surface area (Å²) in [5.74, 6) is 1.44. The minimum Gasteiger partial charge on any atom is -0.454 e. The van der Waals surface area contributed by atoms with E-state index in [0.717, 1.165) is 5.56 Å². The maximum atomic E-state index is 12.7. The number of hydrogen-bond acceptors (Lipinski definition) is 5. The van der Waals surface area contributed by atoms with E-state index >= 15 is 0 Å². The van der Waals surface area contributed by atoms with Crippen LogP contribution in [0.5, 0.6) is 17.2 Å². The first-order valence-electron chi connectivity index (χ1n) is 8.93. The fourth-order valence-electron chi connectivity index (χ4n) is 2.68. The van der Waals surface area contributed by atoms with Crippen molar-refractivity contribution in [2.24, 2.45) is 4.99 Å². The molecule has 10 heteroatoms. The Bertz CT molecular complexity index is 826. The van der Waals surface area contributed by atoms with E-state index in [0.29, 0.717) is 42.7 Å². The number of aliphatic imine (C=N–C) groups is 1. The Balaban J connectivity index is 1.67. The van der Waals surface area contributed by atoms with E-state index < -0.39 is 6.61 Å². The van der Waals surface area contributed by atoms with Gasteiger partial charge in [-0.3, -0.25) is 4.68 Å². The molecule has 0 spiro atoms. The predicted octanol–water partition coefficient (Wildman–Crippen LogP) is 2.28. The van der Waals surface area contributed by atoms with Crippen LogP contribution in [0.2, 0.25) is 0 Å². The highest BCUT2D eigenvalue weighted by Crippen LogP contribution is 2.38. The molecule has 0 bridgehead atoms. The molecule has 0 atom stereocenters. The second-order valence-corrected chi connectivity index (χ2v) is 6.09. The normalized spacial score (nSPS) is 13.1. The molecule has 0 radical (unpaired) electrons. The average Bonchev–Trinajstić information content (AvgIpc) is 3.27. The summed E-state index contributed by atoms with van der Waals surface area (Å²) in [6, 6.07) is 3.01. The molecule has 1 aliphatic heterocycles. The lowest BCUT2D eigenvalue weighted by atomic mass is 10.1. The SMILES string of the molecule is CCNC(=NCc1cc2c(cc1OC(F)F)OCO2)NCCn1cc(C)cn1. The largest absolute Gasteiger partial charge is 0.454 e. The molecule has 2 aromatic rings. The molecular formula is C18H23F2N5O3. The summed E-state index contributed by atoms with van der Waals surface area (Å²) in [7, 11) is 0. The zero-order valence-electron chi connectivity index (χ0n) is 15.7. The molecule has 28 heavy (non-hydrogen) atoms. The Kier molecular flexibility index (Phi) is 6.51. The van der Waals surface area contributed by atoms with Crippen molar-refractivity contribution < 1.29 is 23.0 Å². The number of benzene rings is 1. The van der Waals surface area contributed by atoms with E-state index in [2.05, 4.69) is 25.5 Å². The van der Waals surface area contributed by atoms with Crippen LogP contribution in [-0.4, -0.2) is 42.2 Å². The first-order valence-corrected chi connectivity index (χ1v) is 8.93. The molecule has 0 amide bonds. The Morgan fingerprint density at radius 3 is 2.79 bits per heavy atom. The van der Waals surface area contributed by atoms with Gasteiger partial charge in [-0.25, -0.2) is 4.99 Å². The van der Waals surface area contributed by atoms with Crippen molar-refractivity contribution in [3.8, 4) is 17.2 Å². The fourth-order valence-corrected chi connectivity index (χ4v) is 2.68. The molecule has 152 valence electrons. The topological polar surface area (TPSA) is 81.9 Å². The van der Waals surface area contributed by atoms with Gasteiger partial charge >= 0.3 is 6.61 Å². The molecule has 1 aliphatic rings. The van der Waals surface area contributed by atoms with Crippen molar-refractivity contribution in [3.63, 3.8) is 0 Å². The minimum absolute atomic E-state index is 0.0193. The second kappa shape index (κ2) is 9.25. The van der Waals surface area contributed by atoms with Crippen LogP contribution in [0.1, 0.15) is 18.1 Å². The lowest BCUT2D eigenvalue weighted by molar-refractivity contribution is -0.0505. The molecule has 0 fully saturated rings. The van der Waals surface area contributed by atoms with Crippen molar-refractivity contribution in [1.82, 2.24) is 20.4 Å². The zero-order chi connectivity index (χ0) is 19.9. The Hall–Kier alpha value is -3.04. The van der Waals surface area contributed by atoms with Crippen LogP contribution in [0, 0.1) is 6.92 Å². The number of rotatable bonds is 8. The van der Waals surface area contributed by atoms with E-state index in [-0.39, 0.29) is 19.1 Å². The average molecular weight is 395 g/mol. The van der Waals surface area contributed by atoms with Crippen LogP contribution in [0.15, 0.2) is 29.5 Å². The lowest BCUT2D eigenvalue weighted by Crippen LogP contribution is -2.38. The molecular weight excluding hydrogens is 372 g/mol. The van der Waals surface area contributed by atoms with Gasteiger partial charge in [0.1, 0.15) is 5.75 Å². The molecule has 0 saturated carbocycles.